The zero-order valence-electron chi connectivity index (χ0n) is 15.9. The molecule has 1 N–H and O–H groups in total. The SMILES string of the molecule is CC(C)N1C(=O)N(CC2(C)COCOC2)CC12CC1CCCNC1C2. The highest BCUT2D eigenvalue weighted by molar-refractivity contribution is 5.79. The zero-order chi connectivity index (χ0) is 17.7. The number of ether oxygens (including phenoxy) is 2. The highest BCUT2D eigenvalue weighted by Gasteiger charge is 2.57. The fourth-order valence-corrected chi connectivity index (χ4v) is 5.78. The molecule has 3 aliphatic heterocycles. The molecule has 2 amide bonds. The second kappa shape index (κ2) is 6.39. The van der Waals surface area contributed by atoms with Gasteiger partial charge >= 0.3 is 6.03 Å². The van der Waals surface area contributed by atoms with Crippen LogP contribution >= 0.6 is 0 Å². The van der Waals surface area contributed by atoms with Crippen LogP contribution in [0.15, 0.2) is 0 Å². The van der Waals surface area contributed by atoms with Crippen LogP contribution in [0.4, 0.5) is 4.79 Å². The van der Waals surface area contributed by atoms with Crippen LogP contribution in [0.25, 0.3) is 0 Å². The van der Waals surface area contributed by atoms with Crippen LogP contribution in [0.3, 0.4) is 0 Å². The van der Waals surface area contributed by atoms with Crippen molar-refractivity contribution >= 4 is 6.03 Å². The van der Waals surface area contributed by atoms with E-state index in [2.05, 4.69) is 35.9 Å². The number of hydrogen-bond acceptors (Lipinski definition) is 4. The highest BCUT2D eigenvalue weighted by Crippen LogP contribution is 2.47. The maximum atomic E-state index is 13.3. The van der Waals surface area contributed by atoms with Crippen LogP contribution in [0.2, 0.25) is 0 Å². The molecule has 6 nitrogen and oxygen atoms in total. The number of rotatable bonds is 3. The summed E-state index contributed by atoms with van der Waals surface area (Å²) in [6.07, 6.45) is 4.82. The summed E-state index contributed by atoms with van der Waals surface area (Å²) in [5.41, 5.74) is -0.101. The Bertz CT molecular complexity index is 504. The highest BCUT2D eigenvalue weighted by atomic mass is 16.7. The third-order valence-corrected chi connectivity index (χ3v) is 6.60. The van der Waals surface area contributed by atoms with Crippen molar-refractivity contribution < 1.29 is 14.3 Å². The van der Waals surface area contributed by atoms with E-state index in [4.69, 9.17) is 9.47 Å². The summed E-state index contributed by atoms with van der Waals surface area (Å²) in [7, 11) is 0. The second-order valence-corrected chi connectivity index (χ2v) is 9.32. The number of urea groups is 1. The average molecular weight is 351 g/mol. The molecule has 6 heteroatoms. The van der Waals surface area contributed by atoms with E-state index in [1.165, 1.54) is 12.8 Å². The molecule has 25 heavy (non-hydrogen) atoms. The van der Waals surface area contributed by atoms with E-state index in [1.54, 1.807) is 0 Å². The van der Waals surface area contributed by atoms with Gasteiger partial charge in [0.05, 0.1) is 18.8 Å². The third kappa shape index (κ3) is 3.06. The van der Waals surface area contributed by atoms with Gasteiger partial charge in [0.1, 0.15) is 6.79 Å². The van der Waals surface area contributed by atoms with Crippen molar-refractivity contribution in [2.45, 2.75) is 64.1 Å². The molecule has 3 atom stereocenters. The van der Waals surface area contributed by atoms with Gasteiger partial charge in [-0.3, -0.25) is 0 Å². The number of fused-ring (bicyclic) bond motifs is 1. The van der Waals surface area contributed by atoms with Gasteiger partial charge in [0.15, 0.2) is 0 Å². The predicted molar refractivity (Wildman–Crippen MR) is 95.3 cm³/mol. The molecule has 1 saturated carbocycles. The number of amides is 2. The number of hydrogen-bond donors (Lipinski definition) is 1. The van der Waals surface area contributed by atoms with E-state index in [0.717, 1.165) is 38.4 Å². The first kappa shape index (κ1) is 17.6. The lowest BCUT2D eigenvalue weighted by Gasteiger charge is -2.36. The van der Waals surface area contributed by atoms with Crippen molar-refractivity contribution in [3.8, 4) is 0 Å². The first-order valence-corrected chi connectivity index (χ1v) is 9.90. The zero-order valence-corrected chi connectivity index (χ0v) is 15.9. The molecule has 3 unspecified atom stereocenters. The van der Waals surface area contributed by atoms with Crippen molar-refractivity contribution in [1.29, 1.82) is 0 Å². The molecule has 0 aromatic rings. The van der Waals surface area contributed by atoms with Gasteiger partial charge in [-0.05, 0) is 52.0 Å². The molecule has 3 heterocycles. The minimum absolute atomic E-state index is 0.00463. The van der Waals surface area contributed by atoms with Crippen LogP contribution in [0, 0.1) is 11.3 Å². The lowest BCUT2D eigenvalue weighted by molar-refractivity contribution is -0.162. The van der Waals surface area contributed by atoms with Crippen molar-refractivity contribution in [1.82, 2.24) is 15.1 Å². The molecule has 0 aromatic carbocycles. The molecule has 1 spiro atoms. The van der Waals surface area contributed by atoms with Gasteiger partial charge in [0.25, 0.3) is 0 Å². The van der Waals surface area contributed by atoms with E-state index in [9.17, 15) is 4.79 Å². The maximum absolute atomic E-state index is 13.3. The summed E-state index contributed by atoms with van der Waals surface area (Å²) in [5.74, 6) is 0.722. The Morgan fingerprint density at radius 3 is 2.72 bits per heavy atom. The molecule has 0 bridgehead atoms. The Morgan fingerprint density at radius 1 is 1.28 bits per heavy atom. The van der Waals surface area contributed by atoms with Gasteiger partial charge in [0, 0.05) is 30.6 Å². The Morgan fingerprint density at radius 2 is 2.04 bits per heavy atom. The fourth-order valence-electron chi connectivity index (χ4n) is 5.78. The standard InChI is InChI=1S/C19H33N3O3/c1-14(2)22-17(23)21(9-18(3)11-24-13-25-12-18)10-19(22)7-15-5-4-6-20-16(15)8-19/h14-16,20H,4-13H2,1-3H3. The Hall–Kier alpha value is -0.850. The third-order valence-electron chi connectivity index (χ3n) is 6.60. The minimum Gasteiger partial charge on any atom is -0.355 e. The van der Waals surface area contributed by atoms with E-state index < -0.39 is 0 Å². The number of carbonyl (C=O) groups excluding carboxylic acids is 1. The Kier molecular flexibility index (Phi) is 4.49. The minimum atomic E-state index is -0.105. The lowest BCUT2D eigenvalue weighted by atomic mass is 9.90. The number of nitrogens with one attached hydrogen (secondary N) is 1. The topological polar surface area (TPSA) is 54.0 Å². The van der Waals surface area contributed by atoms with Crippen LogP contribution < -0.4 is 5.32 Å². The fraction of sp³-hybridized carbons (Fsp3) is 0.947. The second-order valence-electron chi connectivity index (χ2n) is 9.32. The predicted octanol–water partition coefficient (Wildman–Crippen LogP) is 2.04. The largest absolute Gasteiger partial charge is 0.355 e. The van der Waals surface area contributed by atoms with E-state index in [1.807, 2.05) is 0 Å². The Labute approximate surface area is 151 Å². The molecule has 142 valence electrons. The maximum Gasteiger partial charge on any atom is 0.320 e. The first-order valence-electron chi connectivity index (χ1n) is 9.90. The number of piperidine rings is 1. The normalized spacial score (nSPS) is 38.0. The summed E-state index contributed by atoms with van der Waals surface area (Å²) < 4.78 is 11.0. The van der Waals surface area contributed by atoms with E-state index >= 15 is 0 Å². The van der Waals surface area contributed by atoms with Crippen LogP contribution in [-0.4, -0.2) is 73.1 Å². The van der Waals surface area contributed by atoms with Crippen molar-refractivity contribution in [3.05, 3.63) is 0 Å². The van der Waals surface area contributed by atoms with Crippen LogP contribution in [-0.2, 0) is 9.47 Å². The lowest BCUT2D eigenvalue weighted by Crippen LogP contribution is -2.50. The van der Waals surface area contributed by atoms with Gasteiger partial charge in [-0.25, -0.2) is 4.79 Å². The summed E-state index contributed by atoms with van der Waals surface area (Å²) in [4.78, 5) is 17.6. The van der Waals surface area contributed by atoms with E-state index in [0.29, 0.717) is 26.0 Å². The van der Waals surface area contributed by atoms with Gasteiger partial charge in [-0.15, -0.1) is 0 Å². The van der Waals surface area contributed by atoms with Crippen molar-refractivity contribution in [3.63, 3.8) is 0 Å². The number of carbonyl (C=O) groups is 1. The summed E-state index contributed by atoms with van der Waals surface area (Å²) >= 11 is 0. The molecular formula is C19H33N3O3. The number of nitrogens with zero attached hydrogens (tertiary/aromatic N) is 2. The first-order chi connectivity index (χ1) is 11.9. The molecule has 3 saturated heterocycles. The molecular weight excluding hydrogens is 318 g/mol. The summed E-state index contributed by atoms with van der Waals surface area (Å²) in [6, 6.07) is 1.03. The summed E-state index contributed by atoms with van der Waals surface area (Å²) in [5, 5.41) is 3.71. The molecule has 4 rings (SSSR count). The van der Waals surface area contributed by atoms with E-state index in [-0.39, 0.29) is 23.0 Å². The van der Waals surface area contributed by atoms with Gasteiger partial charge in [0.2, 0.25) is 0 Å². The molecule has 0 aromatic heterocycles. The smallest absolute Gasteiger partial charge is 0.320 e. The van der Waals surface area contributed by atoms with Crippen molar-refractivity contribution in [2.75, 3.05) is 39.6 Å². The van der Waals surface area contributed by atoms with Crippen LogP contribution in [0.5, 0.6) is 0 Å². The van der Waals surface area contributed by atoms with Gasteiger partial charge in [-0.1, -0.05) is 6.92 Å². The molecule has 4 aliphatic rings. The quantitative estimate of drug-likeness (QED) is 0.845. The molecule has 4 fully saturated rings. The van der Waals surface area contributed by atoms with Crippen molar-refractivity contribution in [2.24, 2.45) is 11.3 Å². The Balaban J connectivity index is 1.54. The molecule has 1 aliphatic carbocycles. The molecule has 0 radical (unpaired) electrons. The average Bonchev–Trinajstić information content (AvgIpc) is 3.04. The summed E-state index contributed by atoms with van der Waals surface area (Å²) in [6.45, 7) is 10.9. The van der Waals surface area contributed by atoms with Crippen LogP contribution in [0.1, 0.15) is 46.5 Å². The van der Waals surface area contributed by atoms with Gasteiger partial charge in [-0.2, -0.15) is 0 Å². The van der Waals surface area contributed by atoms with Gasteiger partial charge < -0.3 is 24.6 Å². The monoisotopic (exact) mass is 351 g/mol.